The Hall–Kier alpha value is -0.980. The molecule has 11 heteroatoms. The fourth-order valence-corrected chi connectivity index (χ4v) is 5.30. The Labute approximate surface area is 137 Å². The molecule has 0 aliphatic heterocycles. The minimum absolute atomic E-state index is 0.0110. The zero-order valence-electron chi connectivity index (χ0n) is 10.4. The molecule has 0 saturated heterocycles. The number of anilines is 1. The van der Waals surface area contributed by atoms with E-state index < -0.39 is 10.0 Å². The Balaban J connectivity index is 1.94. The molecular weight excluding hydrogens is 398 g/mol. The van der Waals surface area contributed by atoms with Gasteiger partial charge in [-0.15, -0.1) is 22.7 Å². The van der Waals surface area contributed by atoms with Crippen molar-refractivity contribution in [2.75, 3.05) is 5.43 Å². The predicted octanol–water partition coefficient (Wildman–Crippen LogP) is 1.98. The second-order valence-electron chi connectivity index (χ2n) is 4.02. The van der Waals surface area contributed by atoms with Crippen molar-refractivity contribution in [1.82, 2.24) is 14.1 Å². The van der Waals surface area contributed by atoms with E-state index in [9.17, 15) is 8.42 Å². The molecule has 0 aromatic carbocycles. The molecule has 0 fully saturated rings. The topological polar surface area (TPSA) is 102 Å². The largest absolute Gasteiger partial charge is 0.306 e. The van der Waals surface area contributed by atoms with Gasteiger partial charge in [0.2, 0.25) is 5.03 Å². The number of hydrogen-bond acceptors (Lipinski definition) is 7. The molecule has 0 unspecified atom stereocenters. The van der Waals surface area contributed by atoms with Crippen molar-refractivity contribution in [2.24, 2.45) is 5.84 Å². The van der Waals surface area contributed by atoms with Crippen LogP contribution in [0.4, 0.5) is 5.82 Å². The van der Waals surface area contributed by atoms with Crippen LogP contribution in [0.25, 0.3) is 4.96 Å². The third kappa shape index (κ3) is 2.84. The number of nitrogens with zero attached hydrogens (tertiary/aromatic N) is 2. The van der Waals surface area contributed by atoms with Gasteiger partial charge >= 0.3 is 0 Å². The molecule has 0 atom stereocenters. The van der Waals surface area contributed by atoms with E-state index in [0.717, 1.165) is 9.35 Å². The van der Waals surface area contributed by atoms with E-state index in [0.29, 0.717) is 4.96 Å². The van der Waals surface area contributed by atoms with Gasteiger partial charge in [0, 0.05) is 32.9 Å². The van der Waals surface area contributed by atoms with Gasteiger partial charge in [0.25, 0.3) is 10.0 Å². The number of rotatable bonds is 5. The smallest absolute Gasteiger partial charge is 0.260 e. The number of nitrogens with one attached hydrogen (secondary N) is 2. The lowest BCUT2D eigenvalue weighted by molar-refractivity contribution is 0.577. The van der Waals surface area contributed by atoms with Gasteiger partial charge in [0.15, 0.2) is 10.8 Å². The first kappa shape index (κ1) is 14.9. The first-order valence-corrected chi connectivity index (χ1v) is 9.69. The van der Waals surface area contributed by atoms with Crippen LogP contribution in [-0.4, -0.2) is 17.8 Å². The van der Waals surface area contributed by atoms with Gasteiger partial charge in [0.05, 0.1) is 0 Å². The maximum absolute atomic E-state index is 12.5. The number of halogens is 1. The molecule has 0 spiro atoms. The van der Waals surface area contributed by atoms with E-state index in [-0.39, 0.29) is 17.4 Å². The number of hydrogen-bond donors (Lipinski definition) is 3. The van der Waals surface area contributed by atoms with Crippen LogP contribution in [-0.2, 0) is 16.6 Å². The fraction of sp³-hybridized carbons (Fsp3) is 0.100. The van der Waals surface area contributed by atoms with Gasteiger partial charge in [-0.05, 0) is 22.0 Å². The summed E-state index contributed by atoms with van der Waals surface area (Å²) in [5.74, 6) is 5.49. The number of aromatic nitrogens is 2. The van der Waals surface area contributed by atoms with E-state index in [1.165, 1.54) is 27.1 Å². The lowest BCUT2D eigenvalue weighted by Gasteiger charge is -2.06. The van der Waals surface area contributed by atoms with Crippen LogP contribution < -0.4 is 16.0 Å². The monoisotopic (exact) mass is 407 g/mol. The van der Waals surface area contributed by atoms with E-state index in [1.807, 2.05) is 11.4 Å². The second kappa shape index (κ2) is 5.66. The van der Waals surface area contributed by atoms with Crippen LogP contribution in [0.15, 0.2) is 32.5 Å². The number of sulfonamides is 1. The molecule has 0 amide bonds. The molecule has 21 heavy (non-hydrogen) atoms. The van der Waals surface area contributed by atoms with Crippen molar-refractivity contribution in [2.45, 2.75) is 11.6 Å². The van der Waals surface area contributed by atoms with Gasteiger partial charge in [-0.25, -0.2) is 19.0 Å². The summed E-state index contributed by atoms with van der Waals surface area (Å²) < 4.78 is 30.0. The van der Waals surface area contributed by atoms with E-state index in [4.69, 9.17) is 5.84 Å². The van der Waals surface area contributed by atoms with Crippen molar-refractivity contribution >= 4 is 59.4 Å². The number of nitrogen functional groups attached to an aromatic ring is 1. The zero-order valence-corrected chi connectivity index (χ0v) is 14.4. The molecule has 3 aromatic rings. The molecule has 0 radical (unpaired) electrons. The Morgan fingerprint density at radius 1 is 1.43 bits per heavy atom. The Bertz CT molecular complexity index is 882. The van der Waals surface area contributed by atoms with E-state index in [1.54, 1.807) is 11.6 Å². The van der Waals surface area contributed by atoms with Crippen LogP contribution in [0.3, 0.4) is 0 Å². The molecule has 112 valence electrons. The Kier molecular flexibility index (Phi) is 4.03. The quantitative estimate of drug-likeness (QED) is 0.443. The number of nitrogens with two attached hydrogens (primary N) is 1. The fourth-order valence-electron chi connectivity index (χ4n) is 1.80. The third-order valence-corrected chi connectivity index (χ3v) is 6.55. The molecule has 3 heterocycles. The standard InChI is InChI=1S/C10H10BrN5O2S3/c11-6-3-7(20-5-6)4-13-21(17,18)9-8(15-12)14-10-16(9)1-2-19-10/h1-3,5,13,15H,4,12H2. The van der Waals surface area contributed by atoms with Gasteiger partial charge < -0.3 is 5.43 Å². The molecule has 4 N–H and O–H groups in total. The van der Waals surface area contributed by atoms with Crippen molar-refractivity contribution in [3.8, 4) is 0 Å². The number of imidazole rings is 1. The lowest BCUT2D eigenvalue weighted by Crippen LogP contribution is -2.25. The summed E-state index contributed by atoms with van der Waals surface area (Å²) >= 11 is 6.14. The van der Waals surface area contributed by atoms with Crippen LogP contribution in [0, 0.1) is 0 Å². The molecule has 0 saturated carbocycles. The zero-order chi connectivity index (χ0) is 15.0. The number of thiazole rings is 1. The Morgan fingerprint density at radius 3 is 2.90 bits per heavy atom. The lowest BCUT2D eigenvalue weighted by atomic mass is 10.5. The summed E-state index contributed by atoms with van der Waals surface area (Å²) in [5, 5.41) is 3.67. The molecular formula is C10H10BrN5O2S3. The minimum atomic E-state index is -3.74. The number of thiophene rings is 1. The van der Waals surface area contributed by atoms with Crippen LogP contribution in [0.1, 0.15) is 4.88 Å². The van der Waals surface area contributed by atoms with Crippen molar-refractivity contribution in [3.63, 3.8) is 0 Å². The van der Waals surface area contributed by atoms with Gasteiger partial charge in [-0.1, -0.05) is 0 Å². The first-order chi connectivity index (χ1) is 10.0. The second-order valence-corrected chi connectivity index (χ2v) is 8.49. The highest BCUT2D eigenvalue weighted by Gasteiger charge is 2.25. The normalized spacial score (nSPS) is 12.1. The SMILES string of the molecule is NNc1nc2sccn2c1S(=O)(=O)NCc1cc(Br)cs1. The van der Waals surface area contributed by atoms with Crippen molar-refractivity contribution < 1.29 is 8.42 Å². The highest BCUT2D eigenvalue weighted by Crippen LogP contribution is 2.25. The Morgan fingerprint density at radius 2 is 2.24 bits per heavy atom. The van der Waals surface area contributed by atoms with E-state index >= 15 is 0 Å². The van der Waals surface area contributed by atoms with Gasteiger partial charge in [-0.2, -0.15) is 4.98 Å². The van der Waals surface area contributed by atoms with Gasteiger partial charge in [0.1, 0.15) is 0 Å². The van der Waals surface area contributed by atoms with Gasteiger partial charge in [-0.3, -0.25) is 4.40 Å². The highest BCUT2D eigenvalue weighted by atomic mass is 79.9. The predicted molar refractivity (Wildman–Crippen MR) is 86.9 cm³/mol. The number of fused-ring (bicyclic) bond motifs is 1. The summed E-state index contributed by atoms with van der Waals surface area (Å²) in [5.41, 5.74) is 2.33. The van der Waals surface area contributed by atoms with Crippen molar-refractivity contribution in [3.05, 3.63) is 32.4 Å². The number of hydrazine groups is 1. The molecule has 3 aromatic heterocycles. The van der Waals surface area contributed by atoms with Crippen LogP contribution in [0.2, 0.25) is 0 Å². The summed E-state index contributed by atoms with van der Waals surface area (Å²) in [7, 11) is -3.74. The third-order valence-electron chi connectivity index (χ3n) is 2.67. The summed E-state index contributed by atoms with van der Waals surface area (Å²) in [6.45, 7) is 0.208. The molecule has 7 nitrogen and oxygen atoms in total. The molecule has 0 aliphatic rings. The van der Waals surface area contributed by atoms with E-state index in [2.05, 4.69) is 31.1 Å². The maximum atomic E-state index is 12.5. The van der Waals surface area contributed by atoms with Crippen molar-refractivity contribution in [1.29, 1.82) is 0 Å². The summed E-state index contributed by atoms with van der Waals surface area (Å²) in [4.78, 5) is 5.60. The first-order valence-electron chi connectivity index (χ1n) is 5.66. The molecule has 3 rings (SSSR count). The average molecular weight is 408 g/mol. The molecule has 0 aliphatic carbocycles. The van der Waals surface area contributed by atoms with Crippen LogP contribution in [0.5, 0.6) is 0 Å². The summed E-state index contributed by atoms with van der Waals surface area (Å²) in [6.07, 6.45) is 1.64. The minimum Gasteiger partial charge on any atom is -0.306 e. The average Bonchev–Trinajstić information content (AvgIpc) is 3.10. The maximum Gasteiger partial charge on any atom is 0.260 e. The summed E-state index contributed by atoms with van der Waals surface area (Å²) in [6, 6.07) is 1.87. The highest BCUT2D eigenvalue weighted by molar-refractivity contribution is 9.10. The molecule has 0 bridgehead atoms. The van der Waals surface area contributed by atoms with Crippen LogP contribution >= 0.6 is 38.6 Å².